The average molecular weight is 264 g/mol. The molecule has 0 spiro atoms. The third-order valence-corrected chi connectivity index (χ3v) is 3.15. The zero-order chi connectivity index (χ0) is 11.8. The Kier molecular flexibility index (Phi) is 2.50. The number of pyridine rings is 1. The minimum absolute atomic E-state index is 0.498. The van der Waals surface area contributed by atoms with Crippen LogP contribution in [-0.4, -0.2) is 15.0 Å². The number of hydrogen-bond donors (Lipinski definition) is 1. The molecule has 0 fully saturated rings. The molecule has 0 radical (unpaired) electrons. The summed E-state index contributed by atoms with van der Waals surface area (Å²) in [5.41, 5.74) is 2.41. The second kappa shape index (κ2) is 4.02. The lowest BCUT2D eigenvalue weighted by atomic mass is 10.3. The fourth-order valence-electron chi connectivity index (χ4n) is 1.63. The predicted octanol–water partition coefficient (Wildman–Crippen LogP) is 3.93. The Bertz CT molecular complexity index is 638. The van der Waals surface area contributed by atoms with Crippen LogP contribution in [0.3, 0.4) is 0 Å². The fourth-order valence-corrected chi connectivity index (χ4v) is 1.95. The van der Waals surface area contributed by atoms with Crippen molar-refractivity contribution in [3.63, 3.8) is 0 Å². The Morgan fingerprint density at radius 3 is 2.65 bits per heavy atom. The molecule has 0 saturated carbocycles. The average Bonchev–Trinajstić information content (AvgIpc) is 2.74. The van der Waals surface area contributed by atoms with Gasteiger partial charge in [-0.25, -0.2) is 4.98 Å². The number of aromatic nitrogens is 3. The Morgan fingerprint density at radius 2 is 1.88 bits per heavy atom. The molecule has 3 nitrogen and oxygen atoms in total. The van der Waals surface area contributed by atoms with Crippen LogP contribution >= 0.6 is 23.2 Å². The Morgan fingerprint density at radius 1 is 1.06 bits per heavy atom. The number of fused-ring (bicyclic) bond motifs is 1. The molecule has 0 aliphatic carbocycles. The van der Waals surface area contributed by atoms with Gasteiger partial charge in [0.05, 0.1) is 21.1 Å². The van der Waals surface area contributed by atoms with Gasteiger partial charge in [0.1, 0.15) is 5.69 Å². The van der Waals surface area contributed by atoms with Crippen LogP contribution in [0.1, 0.15) is 0 Å². The van der Waals surface area contributed by atoms with Gasteiger partial charge in [-0.3, -0.25) is 4.98 Å². The number of benzene rings is 1. The van der Waals surface area contributed by atoms with Gasteiger partial charge < -0.3 is 4.98 Å². The Balaban J connectivity index is 2.21. The third kappa shape index (κ3) is 1.88. The predicted molar refractivity (Wildman–Crippen MR) is 69.3 cm³/mol. The lowest BCUT2D eigenvalue weighted by molar-refractivity contribution is 1.24. The van der Waals surface area contributed by atoms with Crippen molar-refractivity contribution in [3.8, 4) is 11.5 Å². The van der Waals surface area contributed by atoms with Crippen LogP contribution < -0.4 is 0 Å². The second-order valence-corrected chi connectivity index (χ2v) is 4.40. The topological polar surface area (TPSA) is 41.6 Å². The molecule has 0 saturated heterocycles. The molecule has 0 aliphatic heterocycles. The van der Waals surface area contributed by atoms with Gasteiger partial charge in [0.2, 0.25) is 0 Å². The summed E-state index contributed by atoms with van der Waals surface area (Å²) in [6.45, 7) is 0. The molecular formula is C12H7Cl2N3. The summed E-state index contributed by atoms with van der Waals surface area (Å²) in [6.07, 6.45) is 1.72. The van der Waals surface area contributed by atoms with Gasteiger partial charge in [-0.05, 0) is 24.3 Å². The highest BCUT2D eigenvalue weighted by Gasteiger charge is 2.08. The maximum absolute atomic E-state index is 5.95. The summed E-state index contributed by atoms with van der Waals surface area (Å²) < 4.78 is 0. The lowest BCUT2D eigenvalue weighted by Crippen LogP contribution is -1.82. The SMILES string of the molecule is Clc1cc2nc(-c3ccccn3)[nH]c2cc1Cl. The standard InChI is InChI=1S/C12H7Cl2N3/c13-7-5-10-11(6-8(7)14)17-12(16-10)9-3-1-2-4-15-9/h1-6H,(H,16,17). The van der Waals surface area contributed by atoms with Crippen molar-refractivity contribution in [2.45, 2.75) is 0 Å². The van der Waals surface area contributed by atoms with Crippen LogP contribution in [0.5, 0.6) is 0 Å². The highest BCUT2D eigenvalue weighted by molar-refractivity contribution is 6.42. The van der Waals surface area contributed by atoms with Crippen LogP contribution in [0, 0.1) is 0 Å². The van der Waals surface area contributed by atoms with E-state index < -0.39 is 0 Å². The minimum atomic E-state index is 0.498. The van der Waals surface area contributed by atoms with Crippen molar-refractivity contribution in [2.24, 2.45) is 0 Å². The van der Waals surface area contributed by atoms with Crippen LogP contribution in [0.2, 0.25) is 10.0 Å². The summed E-state index contributed by atoms with van der Waals surface area (Å²) >= 11 is 11.9. The monoisotopic (exact) mass is 263 g/mol. The summed E-state index contributed by atoms with van der Waals surface area (Å²) in [5, 5.41) is 1.01. The normalized spacial score (nSPS) is 10.9. The van der Waals surface area contributed by atoms with Crippen molar-refractivity contribution in [1.29, 1.82) is 0 Å². The smallest absolute Gasteiger partial charge is 0.157 e. The Hall–Kier alpha value is -1.58. The summed E-state index contributed by atoms with van der Waals surface area (Å²) in [4.78, 5) is 11.8. The van der Waals surface area contributed by atoms with Gasteiger partial charge in [-0.2, -0.15) is 0 Å². The highest BCUT2D eigenvalue weighted by Crippen LogP contribution is 2.28. The molecule has 0 aliphatic rings. The zero-order valence-corrected chi connectivity index (χ0v) is 10.1. The van der Waals surface area contributed by atoms with Crippen molar-refractivity contribution in [3.05, 3.63) is 46.6 Å². The van der Waals surface area contributed by atoms with Gasteiger partial charge in [-0.15, -0.1) is 0 Å². The molecule has 1 aromatic carbocycles. The number of H-pyrrole nitrogens is 1. The van der Waals surface area contributed by atoms with Gasteiger partial charge in [-0.1, -0.05) is 29.3 Å². The van der Waals surface area contributed by atoms with Crippen LogP contribution in [0.15, 0.2) is 36.5 Å². The maximum Gasteiger partial charge on any atom is 0.157 e. The first-order chi connectivity index (χ1) is 8.24. The molecule has 0 amide bonds. The van der Waals surface area contributed by atoms with Crippen LogP contribution in [0.4, 0.5) is 0 Å². The van der Waals surface area contributed by atoms with E-state index in [0.717, 1.165) is 16.7 Å². The van der Waals surface area contributed by atoms with E-state index in [1.165, 1.54) is 0 Å². The molecule has 2 aromatic heterocycles. The molecule has 0 bridgehead atoms. The number of imidazole rings is 1. The largest absolute Gasteiger partial charge is 0.337 e. The van der Waals surface area contributed by atoms with E-state index in [2.05, 4.69) is 15.0 Å². The summed E-state index contributed by atoms with van der Waals surface area (Å²) in [6, 6.07) is 9.16. The molecular weight excluding hydrogens is 257 g/mol. The Labute approximate surface area is 107 Å². The molecule has 3 rings (SSSR count). The van der Waals surface area contributed by atoms with E-state index in [-0.39, 0.29) is 0 Å². The third-order valence-electron chi connectivity index (χ3n) is 2.43. The van der Waals surface area contributed by atoms with Gasteiger partial charge in [0, 0.05) is 6.20 Å². The number of halogens is 2. The van der Waals surface area contributed by atoms with Crippen LogP contribution in [-0.2, 0) is 0 Å². The van der Waals surface area contributed by atoms with E-state index in [1.807, 2.05) is 18.2 Å². The summed E-state index contributed by atoms with van der Waals surface area (Å²) in [5.74, 6) is 0.707. The van der Waals surface area contributed by atoms with Crippen molar-refractivity contribution >= 4 is 34.2 Å². The fraction of sp³-hybridized carbons (Fsp3) is 0. The zero-order valence-electron chi connectivity index (χ0n) is 8.61. The summed E-state index contributed by atoms with van der Waals surface area (Å²) in [7, 11) is 0. The first-order valence-corrected chi connectivity index (χ1v) is 5.76. The highest BCUT2D eigenvalue weighted by atomic mass is 35.5. The molecule has 5 heteroatoms. The molecule has 0 unspecified atom stereocenters. The van der Waals surface area contributed by atoms with Crippen LogP contribution in [0.25, 0.3) is 22.6 Å². The first-order valence-electron chi connectivity index (χ1n) is 5.00. The molecule has 1 N–H and O–H groups in total. The number of rotatable bonds is 1. The first kappa shape index (κ1) is 10.6. The molecule has 3 aromatic rings. The van der Waals surface area contributed by atoms with E-state index >= 15 is 0 Å². The van der Waals surface area contributed by atoms with Crippen molar-refractivity contribution in [1.82, 2.24) is 15.0 Å². The maximum atomic E-state index is 5.95. The van der Waals surface area contributed by atoms with Gasteiger partial charge in [0.25, 0.3) is 0 Å². The number of hydrogen-bond acceptors (Lipinski definition) is 2. The van der Waals surface area contributed by atoms with E-state index in [9.17, 15) is 0 Å². The quantitative estimate of drug-likeness (QED) is 0.723. The van der Waals surface area contributed by atoms with Gasteiger partial charge in [0.15, 0.2) is 5.82 Å². The van der Waals surface area contributed by atoms with E-state index in [0.29, 0.717) is 15.9 Å². The molecule has 2 heterocycles. The number of nitrogens with zero attached hydrogens (tertiary/aromatic N) is 2. The van der Waals surface area contributed by atoms with E-state index in [1.54, 1.807) is 18.3 Å². The molecule has 17 heavy (non-hydrogen) atoms. The van der Waals surface area contributed by atoms with Crippen molar-refractivity contribution < 1.29 is 0 Å². The number of nitrogens with one attached hydrogen (secondary N) is 1. The molecule has 84 valence electrons. The second-order valence-electron chi connectivity index (χ2n) is 3.58. The lowest BCUT2D eigenvalue weighted by Gasteiger charge is -1.93. The van der Waals surface area contributed by atoms with Crippen molar-refractivity contribution in [2.75, 3.05) is 0 Å². The minimum Gasteiger partial charge on any atom is -0.337 e. The van der Waals surface area contributed by atoms with E-state index in [4.69, 9.17) is 23.2 Å². The van der Waals surface area contributed by atoms with Gasteiger partial charge >= 0.3 is 0 Å². The molecule has 0 atom stereocenters. The number of aromatic amines is 1.